The molecule has 1 fully saturated rings. The molecule has 22 heavy (non-hydrogen) atoms. The fourth-order valence-electron chi connectivity index (χ4n) is 2.63. The van der Waals surface area contributed by atoms with Gasteiger partial charge in [0.2, 0.25) is 0 Å². The highest BCUT2D eigenvalue weighted by molar-refractivity contribution is 6.31. The second-order valence-corrected chi connectivity index (χ2v) is 7.11. The van der Waals surface area contributed by atoms with E-state index in [0.29, 0.717) is 13.1 Å². The van der Waals surface area contributed by atoms with E-state index in [2.05, 4.69) is 17.9 Å². The summed E-state index contributed by atoms with van der Waals surface area (Å²) < 4.78 is 5.42. The molecular weight excluding hydrogens is 300 g/mol. The van der Waals surface area contributed by atoms with Crippen molar-refractivity contribution >= 4 is 17.7 Å². The van der Waals surface area contributed by atoms with E-state index in [1.54, 1.807) is 4.90 Å². The molecule has 0 radical (unpaired) electrons. The predicted molar refractivity (Wildman–Crippen MR) is 89.2 cm³/mol. The third kappa shape index (κ3) is 4.37. The maximum atomic E-state index is 12.1. The van der Waals surface area contributed by atoms with Gasteiger partial charge in [0.15, 0.2) is 0 Å². The van der Waals surface area contributed by atoms with Gasteiger partial charge in [-0.25, -0.2) is 4.79 Å². The largest absolute Gasteiger partial charge is 0.444 e. The van der Waals surface area contributed by atoms with Crippen LogP contribution >= 0.6 is 11.6 Å². The maximum absolute atomic E-state index is 12.1. The fourth-order valence-corrected chi connectivity index (χ4v) is 2.92. The van der Waals surface area contributed by atoms with Crippen LogP contribution in [0.3, 0.4) is 0 Å². The van der Waals surface area contributed by atoms with Crippen LogP contribution in [0.15, 0.2) is 24.3 Å². The van der Waals surface area contributed by atoms with E-state index in [9.17, 15) is 4.79 Å². The summed E-state index contributed by atoms with van der Waals surface area (Å²) in [6, 6.07) is 8.18. The molecule has 0 N–H and O–H groups in total. The summed E-state index contributed by atoms with van der Waals surface area (Å²) in [5, 5.41) is 0.796. The monoisotopic (exact) mass is 324 g/mol. The van der Waals surface area contributed by atoms with Crippen LogP contribution in [0.2, 0.25) is 5.02 Å². The van der Waals surface area contributed by atoms with Gasteiger partial charge in [0.25, 0.3) is 0 Å². The van der Waals surface area contributed by atoms with E-state index in [1.807, 2.05) is 39.0 Å². The van der Waals surface area contributed by atoms with Gasteiger partial charge in [-0.3, -0.25) is 4.90 Å². The van der Waals surface area contributed by atoms with Crippen molar-refractivity contribution in [1.29, 1.82) is 0 Å². The van der Waals surface area contributed by atoms with E-state index >= 15 is 0 Å². The zero-order valence-corrected chi connectivity index (χ0v) is 14.6. The SMILES string of the molecule is CC(c1ccccc1Cl)N1CCN(C(=O)OC(C)(C)C)CC1. The molecule has 1 aliphatic rings. The van der Waals surface area contributed by atoms with Crippen molar-refractivity contribution in [3.05, 3.63) is 34.9 Å². The molecule has 5 heteroatoms. The van der Waals surface area contributed by atoms with Gasteiger partial charge in [-0.15, -0.1) is 0 Å². The lowest BCUT2D eigenvalue weighted by molar-refractivity contribution is 0.0110. The van der Waals surface area contributed by atoms with Gasteiger partial charge in [-0.1, -0.05) is 29.8 Å². The summed E-state index contributed by atoms with van der Waals surface area (Å²) in [6.45, 7) is 10.8. The molecule has 1 amide bonds. The molecule has 122 valence electrons. The number of benzene rings is 1. The Bertz CT molecular complexity index is 520. The Morgan fingerprint density at radius 2 is 1.77 bits per heavy atom. The summed E-state index contributed by atoms with van der Waals surface area (Å²) in [7, 11) is 0. The van der Waals surface area contributed by atoms with Crippen molar-refractivity contribution in [2.24, 2.45) is 0 Å². The van der Waals surface area contributed by atoms with Crippen LogP contribution in [0, 0.1) is 0 Å². The minimum atomic E-state index is -0.445. The first kappa shape index (κ1) is 17.1. The molecule has 4 nitrogen and oxygen atoms in total. The van der Waals surface area contributed by atoms with Crippen LogP contribution < -0.4 is 0 Å². The molecule has 0 bridgehead atoms. The van der Waals surface area contributed by atoms with E-state index < -0.39 is 5.60 Å². The number of piperazine rings is 1. The fraction of sp³-hybridized carbons (Fsp3) is 0.588. The molecule has 1 aromatic carbocycles. The lowest BCUT2D eigenvalue weighted by atomic mass is 10.1. The summed E-state index contributed by atoms with van der Waals surface area (Å²) in [4.78, 5) is 16.2. The van der Waals surface area contributed by atoms with Crippen LogP contribution in [0.1, 0.15) is 39.3 Å². The molecule has 2 rings (SSSR count). The summed E-state index contributed by atoms with van der Waals surface area (Å²) in [6.07, 6.45) is -0.224. The van der Waals surface area contributed by atoms with Crippen LogP contribution in [0.4, 0.5) is 4.79 Å². The van der Waals surface area contributed by atoms with Crippen LogP contribution in [-0.2, 0) is 4.74 Å². The van der Waals surface area contributed by atoms with Gasteiger partial charge in [0.1, 0.15) is 5.60 Å². The third-order valence-electron chi connectivity index (χ3n) is 3.87. The Morgan fingerprint density at radius 3 is 2.32 bits per heavy atom. The van der Waals surface area contributed by atoms with Crippen molar-refractivity contribution in [2.75, 3.05) is 26.2 Å². The van der Waals surface area contributed by atoms with E-state index in [0.717, 1.165) is 23.7 Å². The van der Waals surface area contributed by atoms with Gasteiger partial charge >= 0.3 is 6.09 Å². The molecule has 0 aromatic heterocycles. The second-order valence-electron chi connectivity index (χ2n) is 6.70. The van der Waals surface area contributed by atoms with E-state index in [-0.39, 0.29) is 12.1 Å². The van der Waals surface area contributed by atoms with E-state index in [4.69, 9.17) is 16.3 Å². The van der Waals surface area contributed by atoms with Crippen molar-refractivity contribution in [2.45, 2.75) is 39.3 Å². The predicted octanol–water partition coefficient (Wildman–Crippen LogP) is 3.95. The first-order valence-corrected chi connectivity index (χ1v) is 8.12. The van der Waals surface area contributed by atoms with Gasteiger partial charge < -0.3 is 9.64 Å². The molecule has 1 atom stereocenters. The third-order valence-corrected chi connectivity index (χ3v) is 4.21. The molecular formula is C17H25ClN2O2. The molecule has 1 heterocycles. The minimum Gasteiger partial charge on any atom is -0.444 e. The minimum absolute atomic E-state index is 0.224. The Balaban J connectivity index is 1.92. The molecule has 1 aromatic rings. The quantitative estimate of drug-likeness (QED) is 0.825. The number of hydrogen-bond acceptors (Lipinski definition) is 3. The lowest BCUT2D eigenvalue weighted by Crippen LogP contribution is -2.50. The highest BCUT2D eigenvalue weighted by atomic mass is 35.5. The standard InChI is InChI=1S/C17H25ClN2O2/c1-13(14-7-5-6-8-15(14)18)19-9-11-20(12-10-19)16(21)22-17(2,3)4/h5-8,13H,9-12H2,1-4H3. The Hall–Kier alpha value is -1.26. The number of rotatable bonds is 2. The van der Waals surface area contributed by atoms with Crippen molar-refractivity contribution < 1.29 is 9.53 Å². The normalized spacial score (nSPS) is 18.1. The molecule has 0 saturated carbocycles. The second kappa shape index (κ2) is 6.88. The Morgan fingerprint density at radius 1 is 1.18 bits per heavy atom. The molecule has 1 aliphatic heterocycles. The topological polar surface area (TPSA) is 32.8 Å². The molecule has 0 spiro atoms. The zero-order chi connectivity index (χ0) is 16.3. The first-order chi connectivity index (χ1) is 10.3. The van der Waals surface area contributed by atoms with Crippen molar-refractivity contribution in [3.8, 4) is 0 Å². The van der Waals surface area contributed by atoms with Gasteiger partial charge in [0.05, 0.1) is 0 Å². The highest BCUT2D eigenvalue weighted by Gasteiger charge is 2.28. The number of carbonyl (C=O) groups excluding carboxylic acids is 1. The average Bonchev–Trinajstić information content (AvgIpc) is 2.45. The van der Waals surface area contributed by atoms with Gasteiger partial charge in [0, 0.05) is 37.2 Å². The average molecular weight is 325 g/mol. The molecule has 1 saturated heterocycles. The van der Waals surface area contributed by atoms with E-state index in [1.165, 1.54) is 0 Å². The zero-order valence-electron chi connectivity index (χ0n) is 13.8. The summed E-state index contributed by atoms with van der Waals surface area (Å²) >= 11 is 6.28. The number of amides is 1. The summed E-state index contributed by atoms with van der Waals surface area (Å²) in [5.74, 6) is 0. The van der Waals surface area contributed by atoms with Crippen LogP contribution in [0.5, 0.6) is 0 Å². The molecule has 1 unspecified atom stereocenters. The van der Waals surface area contributed by atoms with Gasteiger partial charge in [-0.05, 0) is 39.3 Å². The maximum Gasteiger partial charge on any atom is 0.410 e. The Labute approximate surface area is 138 Å². The number of hydrogen-bond donors (Lipinski definition) is 0. The van der Waals surface area contributed by atoms with Crippen LogP contribution in [-0.4, -0.2) is 47.7 Å². The smallest absolute Gasteiger partial charge is 0.410 e. The van der Waals surface area contributed by atoms with Crippen molar-refractivity contribution in [3.63, 3.8) is 0 Å². The lowest BCUT2D eigenvalue weighted by Gasteiger charge is -2.38. The Kier molecular flexibility index (Phi) is 5.35. The number of ether oxygens (including phenoxy) is 1. The summed E-state index contributed by atoms with van der Waals surface area (Å²) in [5.41, 5.74) is 0.689. The number of halogens is 1. The molecule has 0 aliphatic carbocycles. The first-order valence-electron chi connectivity index (χ1n) is 7.74. The van der Waals surface area contributed by atoms with Crippen molar-refractivity contribution in [1.82, 2.24) is 9.80 Å². The number of nitrogens with zero attached hydrogens (tertiary/aromatic N) is 2. The highest BCUT2D eigenvalue weighted by Crippen LogP contribution is 2.27. The van der Waals surface area contributed by atoms with Gasteiger partial charge in [-0.2, -0.15) is 0 Å². The number of carbonyl (C=O) groups is 1. The van der Waals surface area contributed by atoms with Crippen LogP contribution in [0.25, 0.3) is 0 Å².